The number of H-pyrrole nitrogens is 1. The maximum absolute atomic E-state index is 12.2. The van der Waals surface area contributed by atoms with Crippen LogP contribution in [0.15, 0.2) is 17.0 Å². The number of oxazole rings is 1. The van der Waals surface area contributed by atoms with Crippen molar-refractivity contribution >= 4 is 11.7 Å². The number of hydrogen-bond acceptors (Lipinski definition) is 5. The van der Waals surface area contributed by atoms with E-state index in [0.29, 0.717) is 17.4 Å². The zero-order valence-corrected chi connectivity index (χ0v) is 11.9. The fourth-order valence-corrected chi connectivity index (χ4v) is 2.74. The highest BCUT2D eigenvalue weighted by Gasteiger charge is 2.25. The van der Waals surface area contributed by atoms with E-state index in [1.54, 1.807) is 0 Å². The summed E-state index contributed by atoms with van der Waals surface area (Å²) in [6.45, 7) is 2.17. The number of anilines is 1. The first kappa shape index (κ1) is 13.7. The summed E-state index contributed by atoms with van der Waals surface area (Å²) in [4.78, 5) is 23.1. The fraction of sp³-hybridized carbons (Fsp3) is 0.500. The Labute approximate surface area is 122 Å². The molecule has 1 amide bonds. The Balaban J connectivity index is 1.71. The first-order valence-electron chi connectivity index (χ1n) is 7.20. The van der Waals surface area contributed by atoms with Crippen LogP contribution in [0, 0.1) is 5.92 Å². The van der Waals surface area contributed by atoms with E-state index in [2.05, 4.69) is 27.2 Å². The van der Waals surface area contributed by atoms with Crippen molar-refractivity contribution < 1.29 is 9.21 Å². The van der Waals surface area contributed by atoms with E-state index in [4.69, 9.17) is 10.2 Å². The minimum atomic E-state index is -0.207. The van der Waals surface area contributed by atoms with Gasteiger partial charge in [0, 0.05) is 6.04 Å². The molecular formula is C14H19N5O2. The number of nitrogens with one attached hydrogen (secondary N) is 2. The van der Waals surface area contributed by atoms with Crippen molar-refractivity contribution in [2.24, 2.45) is 5.92 Å². The molecule has 3 rings (SSSR count). The van der Waals surface area contributed by atoms with E-state index in [0.717, 1.165) is 19.3 Å². The Kier molecular flexibility index (Phi) is 3.64. The molecule has 2 unspecified atom stereocenters. The summed E-state index contributed by atoms with van der Waals surface area (Å²) >= 11 is 0. The van der Waals surface area contributed by atoms with E-state index in [1.807, 2.05) is 0 Å². The number of hydrogen-bond donors (Lipinski definition) is 3. The van der Waals surface area contributed by atoms with Gasteiger partial charge in [0.2, 0.25) is 5.89 Å². The van der Waals surface area contributed by atoms with Gasteiger partial charge in [0.25, 0.3) is 5.91 Å². The van der Waals surface area contributed by atoms with Crippen molar-refractivity contribution in [2.45, 2.75) is 38.6 Å². The highest BCUT2D eigenvalue weighted by Crippen LogP contribution is 2.24. The van der Waals surface area contributed by atoms with Gasteiger partial charge in [-0.2, -0.15) is 0 Å². The number of aromatic amines is 1. The minimum absolute atomic E-state index is 0.207. The molecule has 4 N–H and O–H groups in total. The van der Waals surface area contributed by atoms with Crippen molar-refractivity contribution in [3.63, 3.8) is 0 Å². The largest absolute Gasteiger partial charge is 0.442 e. The van der Waals surface area contributed by atoms with E-state index >= 15 is 0 Å². The molecule has 2 aromatic heterocycles. The summed E-state index contributed by atoms with van der Waals surface area (Å²) in [5, 5.41) is 3.04. The number of amides is 1. The van der Waals surface area contributed by atoms with Crippen LogP contribution in [0.2, 0.25) is 0 Å². The summed E-state index contributed by atoms with van der Waals surface area (Å²) in [6, 6.07) is 0.212. The maximum atomic E-state index is 12.2. The average molecular weight is 289 g/mol. The van der Waals surface area contributed by atoms with Crippen LogP contribution in [0.5, 0.6) is 0 Å². The molecule has 2 atom stereocenters. The third-order valence-corrected chi connectivity index (χ3v) is 4.05. The van der Waals surface area contributed by atoms with Crippen LogP contribution in [0.1, 0.15) is 43.1 Å². The molecule has 1 fully saturated rings. The SMILES string of the molecule is CC1CCCCC1NC(=O)c1coc(-c2[nH]cnc2N)n1. The summed E-state index contributed by atoms with van der Waals surface area (Å²) in [6.07, 6.45) is 7.37. The van der Waals surface area contributed by atoms with E-state index in [-0.39, 0.29) is 23.5 Å². The number of rotatable bonds is 3. The normalized spacial score (nSPS) is 22.1. The van der Waals surface area contributed by atoms with Gasteiger partial charge in [-0.05, 0) is 18.8 Å². The van der Waals surface area contributed by atoms with Crippen LogP contribution in [-0.2, 0) is 0 Å². The van der Waals surface area contributed by atoms with Crippen molar-refractivity contribution in [2.75, 3.05) is 5.73 Å². The second-order valence-corrected chi connectivity index (χ2v) is 5.54. The summed E-state index contributed by atoms with van der Waals surface area (Å²) in [5.74, 6) is 0.857. The van der Waals surface area contributed by atoms with Gasteiger partial charge in [-0.1, -0.05) is 19.8 Å². The van der Waals surface area contributed by atoms with Crippen molar-refractivity contribution in [1.29, 1.82) is 0 Å². The fourth-order valence-electron chi connectivity index (χ4n) is 2.74. The predicted molar refractivity (Wildman–Crippen MR) is 77.4 cm³/mol. The topological polar surface area (TPSA) is 110 Å². The summed E-state index contributed by atoms with van der Waals surface area (Å²) < 4.78 is 5.30. The molecule has 21 heavy (non-hydrogen) atoms. The van der Waals surface area contributed by atoms with Crippen LogP contribution < -0.4 is 11.1 Å². The number of nitrogens with zero attached hydrogens (tertiary/aromatic N) is 2. The molecule has 0 saturated heterocycles. The van der Waals surface area contributed by atoms with Gasteiger partial charge in [-0.3, -0.25) is 4.79 Å². The van der Waals surface area contributed by atoms with Gasteiger partial charge in [-0.25, -0.2) is 9.97 Å². The minimum Gasteiger partial charge on any atom is -0.442 e. The van der Waals surface area contributed by atoms with Crippen LogP contribution in [0.4, 0.5) is 5.82 Å². The molecule has 7 nitrogen and oxygen atoms in total. The van der Waals surface area contributed by atoms with E-state index in [1.165, 1.54) is 19.0 Å². The number of carbonyl (C=O) groups excluding carboxylic acids is 1. The Morgan fingerprint density at radius 1 is 1.48 bits per heavy atom. The maximum Gasteiger partial charge on any atom is 0.273 e. The van der Waals surface area contributed by atoms with Gasteiger partial charge in [0.05, 0.1) is 6.33 Å². The van der Waals surface area contributed by atoms with Crippen molar-refractivity contribution in [3.05, 3.63) is 18.3 Å². The molecule has 0 aromatic carbocycles. The highest BCUT2D eigenvalue weighted by atomic mass is 16.3. The number of aromatic nitrogens is 3. The molecule has 7 heteroatoms. The number of nitrogen functional groups attached to an aromatic ring is 1. The lowest BCUT2D eigenvalue weighted by Crippen LogP contribution is -2.41. The number of imidazole rings is 1. The molecule has 1 aliphatic rings. The summed E-state index contributed by atoms with van der Waals surface area (Å²) in [5.41, 5.74) is 6.43. The van der Waals surface area contributed by atoms with Gasteiger partial charge in [0.15, 0.2) is 11.5 Å². The quantitative estimate of drug-likeness (QED) is 0.800. The van der Waals surface area contributed by atoms with E-state index in [9.17, 15) is 4.79 Å². The Morgan fingerprint density at radius 3 is 3.00 bits per heavy atom. The lowest BCUT2D eigenvalue weighted by molar-refractivity contribution is 0.0905. The standard InChI is InChI=1S/C14H19N5O2/c1-8-4-2-3-5-9(8)18-13(20)10-6-21-14(19-10)11-12(15)17-7-16-11/h6-9H,2-5,15H2,1H3,(H,16,17)(H,18,20). The monoisotopic (exact) mass is 289 g/mol. The lowest BCUT2D eigenvalue weighted by atomic mass is 9.86. The van der Waals surface area contributed by atoms with Crippen LogP contribution in [-0.4, -0.2) is 26.9 Å². The van der Waals surface area contributed by atoms with Crippen molar-refractivity contribution in [1.82, 2.24) is 20.3 Å². The van der Waals surface area contributed by atoms with Crippen molar-refractivity contribution in [3.8, 4) is 11.6 Å². The van der Waals surface area contributed by atoms with E-state index < -0.39 is 0 Å². The molecular weight excluding hydrogens is 270 g/mol. The number of carbonyl (C=O) groups is 1. The first-order chi connectivity index (χ1) is 10.1. The first-order valence-corrected chi connectivity index (χ1v) is 7.20. The second kappa shape index (κ2) is 5.59. The van der Waals surface area contributed by atoms with Gasteiger partial charge in [0.1, 0.15) is 12.0 Å². The third-order valence-electron chi connectivity index (χ3n) is 4.05. The van der Waals surface area contributed by atoms with Crippen LogP contribution >= 0.6 is 0 Å². The van der Waals surface area contributed by atoms with Crippen LogP contribution in [0.25, 0.3) is 11.6 Å². The number of nitrogens with two attached hydrogens (primary N) is 1. The molecule has 2 aromatic rings. The molecule has 1 aliphatic carbocycles. The Morgan fingerprint density at radius 2 is 2.29 bits per heavy atom. The molecule has 0 aliphatic heterocycles. The van der Waals surface area contributed by atoms with Gasteiger partial charge < -0.3 is 20.5 Å². The average Bonchev–Trinajstić information content (AvgIpc) is 3.09. The van der Waals surface area contributed by atoms with Crippen LogP contribution in [0.3, 0.4) is 0 Å². The third kappa shape index (κ3) is 2.76. The smallest absolute Gasteiger partial charge is 0.273 e. The molecule has 1 saturated carbocycles. The highest BCUT2D eigenvalue weighted by molar-refractivity contribution is 5.92. The lowest BCUT2D eigenvalue weighted by Gasteiger charge is -2.29. The molecule has 0 radical (unpaired) electrons. The zero-order valence-electron chi connectivity index (χ0n) is 11.9. The summed E-state index contributed by atoms with van der Waals surface area (Å²) in [7, 11) is 0. The Hall–Kier alpha value is -2.31. The second-order valence-electron chi connectivity index (χ2n) is 5.54. The zero-order chi connectivity index (χ0) is 14.8. The molecule has 0 spiro atoms. The predicted octanol–water partition coefficient (Wildman–Crippen LogP) is 1.96. The van der Waals surface area contributed by atoms with Gasteiger partial charge >= 0.3 is 0 Å². The molecule has 112 valence electrons. The van der Waals surface area contributed by atoms with Gasteiger partial charge in [-0.15, -0.1) is 0 Å². The molecule has 0 bridgehead atoms. The molecule has 2 heterocycles. The Bertz CT molecular complexity index is 633.